The number of aliphatic carboxylic acids is 1. The van der Waals surface area contributed by atoms with Crippen LogP contribution in [0.2, 0.25) is 0 Å². The molecule has 0 fully saturated rings. The highest BCUT2D eigenvalue weighted by molar-refractivity contribution is 6.25. The quantitative estimate of drug-likeness (QED) is 0.340. The Hall–Kier alpha value is -2.05. The maximum atomic E-state index is 12.0. The van der Waals surface area contributed by atoms with Crippen molar-refractivity contribution in [2.75, 3.05) is 6.61 Å². The molecule has 0 bridgehead atoms. The number of amides is 1. The van der Waals surface area contributed by atoms with E-state index in [0.717, 1.165) is 0 Å². The monoisotopic (exact) mass is 299 g/mol. The minimum Gasteiger partial charge on any atom is -0.480 e. The molecule has 0 rings (SSSR count). The Morgan fingerprint density at radius 1 is 1.38 bits per heavy atom. The van der Waals surface area contributed by atoms with E-state index in [2.05, 4.69) is 10.1 Å². The molecule has 0 saturated carbocycles. The number of rotatable bonds is 10. The normalized spacial score (nSPS) is 13.1. The Bertz CT molecular complexity index is 430. The first-order valence-corrected chi connectivity index (χ1v) is 6.68. The summed E-state index contributed by atoms with van der Waals surface area (Å²) in [5.41, 5.74) is 8.20. The van der Waals surface area contributed by atoms with Crippen LogP contribution in [0.25, 0.3) is 5.53 Å². The first-order valence-electron chi connectivity index (χ1n) is 6.68. The fraction of sp³-hybridized carbons (Fsp3) is 0.692. The van der Waals surface area contributed by atoms with E-state index in [1.807, 2.05) is 0 Å². The first-order chi connectivity index (χ1) is 9.83. The van der Waals surface area contributed by atoms with Gasteiger partial charge in [0.15, 0.2) is 0 Å². The van der Waals surface area contributed by atoms with Crippen LogP contribution >= 0.6 is 0 Å². The summed E-state index contributed by atoms with van der Waals surface area (Å²) in [6.45, 7) is 5.65. The number of nitrogens with one attached hydrogen (secondary N) is 1. The summed E-state index contributed by atoms with van der Waals surface area (Å²) in [6.07, 6.45) is -0.297. The summed E-state index contributed by atoms with van der Waals surface area (Å²) >= 11 is 0. The highest BCUT2D eigenvalue weighted by atomic mass is 16.5. The summed E-state index contributed by atoms with van der Waals surface area (Å²) in [7, 11) is 0. The lowest BCUT2D eigenvalue weighted by molar-refractivity contribution is -0.145. The van der Waals surface area contributed by atoms with E-state index < -0.39 is 29.8 Å². The van der Waals surface area contributed by atoms with E-state index in [1.54, 1.807) is 20.8 Å². The number of nitrogens with zero attached hydrogens (tertiary/aromatic N) is 2. The molecule has 0 spiro atoms. The van der Waals surface area contributed by atoms with Gasteiger partial charge in [-0.3, -0.25) is 9.59 Å². The SMILES string of the molecule is CCOC(C(=O)NC(CCC(=O)C=[N+]=[N-])C(=O)O)C(C)C. The standard InChI is InChI=1S/C13H21N3O5/c1-4-21-11(8(2)3)12(18)16-10(13(19)20)6-5-9(17)7-15-14/h7-8,10-11H,4-6H2,1-3H3,(H,16,18)(H,19,20). The largest absolute Gasteiger partial charge is 0.480 e. The van der Waals surface area contributed by atoms with Crippen molar-refractivity contribution in [1.82, 2.24) is 5.32 Å². The summed E-state index contributed by atoms with van der Waals surface area (Å²) < 4.78 is 5.28. The molecule has 0 radical (unpaired) electrons. The van der Waals surface area contributed by atoms with Gasteiger partial charge in [-0.1, -0.05) is 13.8 Å². The second kappa shape index (κ2) is 9.79. The molecule has 0 aliphatic carbocycles. The van der Waals surface area contributed by atoms with Crippen LogP contribution in [0.4, 0.5) is 0 Å². The van der Waals surface area contributed by atoms with Gasteiger partial charge in [0.1, 0.15) is 12.1 Å². The Labute approximate surface area is 123 Å². The lowest BCUT2D eigenvalue weighted by Gasteiger charge is -2.22. The fourth-order valence-corrected chi connectivity index (χ4v) is 1.68. The molecule has 8 heteroatoms. The van der Waals surface area contributed by atoms with Crippen LogP contribution < -0.4 is 5.32 Å². The van der Waals surface area contributed by atoms with Crippen LogP contribution in [0.1, 0.15) is 33.6 Å². The van der Waals surface area contributed by atoms with Crippen molar-refractivity contribution in [3.8, 4) is 0 Å². The number of carbonyl (C=O) groups excluding carboxylic acids is 2. The van der Waals surface area contributed by atoms with Crippen LogP contribution in [0.15, 0.2) is 0 Å². The van der Waals surface area contributed by atoms with E-state index in [0.29, 0.717) is 12.8 Å². The highest BCUT2D eigenvalue weighted by Crippen LogP contribution is 2.08. The Morgan fingerprint density at radius 2 is 2.00 bits per heavy atom. The Balaban J connectivity index is 4.68. The van der Waals surface area contributed by atoms with E-state index in [4.69, 9.17) is 15.4 Å². The van der Waals surface area contributed by atoms with Gasteiger partial charge in [-0.2, -0.15) is 4.79 Å². The molecule has 0 aromatic heterocycles. The Kier molecular flexibility index (Phi) is 8.84. The molecule has 0 aromatic carbocycles. The van der Waals surface area contributed by atoms with Crippen molar-refractivity contribution < 1.29 is 29.0 Å². The van der Waals surface area contributed by atoms with Crippen molar-refractivity contribution in [3.63, 3.8) is 0 Å². The van der Waals surface area contributed by atoms with E-state index in [9.17, 15) is 14.4 Å². The number of hydrogen-bond donors (Lipinski definition) is 2. The lowest BCUT2D eigenvalue weighted by Crippen LogP contribution is -2.48. The smallest absolute Gasteiger partial charge is 0.326 e. The van der Waals surface area contributed by atoms with Gasteiger partial charge in [0, 0.05) is 13.0 Å². The van der Waals surface area contributed by atoms with E-state index in [1.165, 1.54) is 0 Å². The summed E-state index contributed by atoms with van der Waals surface area (Å²) in [5, 5.41) is 11.4. The molecule has 0 aromatic rings. The van der Waals surface area contributed by atoms with Crippen molar-refractivity contribution in [1.29, 1.82) is 0 Å². The second-order valence-corrected chi connectivity index (χ2v) is 4.77. The van der Waals surface area contributed by atoms with Crippen molar-refractivity contribution in [2.24, 2.45) is 5.92 Å². The minimum atomic E-state index is -1.24. The van der Waals surface area contributed by atoms with Crippen LogP contribution in [0.5, 0.6) is 0 Å². The zero-order valence-electron chi connectivity index (χ0n) is 12.4. The molecule has 2 unspecified atom stereocenters. The summed E-state index contributed by atoms with van der Waals surface area (Å²) in [4.78, 5) is 36.8. The van der Waals surface area contributed by atoms with E-state index >= 15 is 0 Å². The predicted molar refractivity (Wildman–Crippen MR) is 73.7 cm³/mol. The lowest BCUT2D eigenvalue weighted by atomic mass is 10.0. The predicted octanol–water partition coefficient (Wildman–Crippen LogP) is 0.267. The molecular weight excluding hydrogens is 278 g/mol. The van der Waals surface area contributed by atoms with Crippen LogP contribution in [-0.2, 0) is 19.1 Å². The maximum Gasteiger partial charge on any atom is 0.326 e. The molecule has 2 atom stereocenters. The highest BCUT2D eigenvalue weighted by Gasteiger charge is 2.28. The maximum absolute atomic E-state index is 12.0. The van der Waals surface area contributed by atoms with Gasteiger partial charge in [0.05, 0.1) is 0 Å². The zero-order valence-corrected chi connectivity index (χ0v) is 12.4. The molecule has 8 nitrogen and oxygen atoms in total. The number of Topliss-reactive ketones (excluding diaryl/α,β-unsaturated/α-hetero) is 1. The van der Waals surface area contributed by atoms with Gasteiger partial charge in [-0.05, 0) is 19.3 Å². The molecule has 0 aliphatic heterocycles. The number of ether oxygens (including phenoxy) is 1. The fourth-order valence-electron chi connectivity index (χ4n) is 1.68. The molecule has 1 amide bonds. The number of ketones is 1. The average molecular weight is 299 g/mol. The molecule has 0 aliphatic rings. The molecule has 0 saturated heterocycles. The molecular formula is C13H21N3O5. The average Bonchev–Trinajstić information content (AvgIpc) is 2.40. The van der Waals surface area contributed by atoms with Gasteiger partial charge in [-0.25, -0.2) is 4.79 Å². The third kappa shape index (κ3) is 7.34. The van der Waals surface area contributed by atoms with Crippen LogP contribution in [0, 0.1) is 5.92 Å². The van der Waals surface area contributed by atoms with Crippen LogP contribution in [0.3, 0.4) is 0 Å². The number of carboxylic acids is 1. The molecule has 21 heavy (non-hydrogen) atoms. The number of carbonyl (C=O) groups is 3. The first kappa shape index (κ1) is 18.9. The summed E-state index contributed by atoms with van der Waals surface area (Å²) in [6, 6.07) is -1.20. The van der Waals surface area contributed by atoms with Gasteiger partial charge in [0.25, 0.3) is 0 Å². The Morgan fingerprint density at radius 3 is 2.43 bits per heavy atom. The van der Waals surface area contributed by atoms with E-state index in [-0.39, 0.29) is 18.8 Å². The number of carboxylic acid groups (broad SMARTS) is 1. The molecule has 0 heterocycles. The minimum absolute atomic E-state index is 0.0944. The van der Waals surface area contributed by atoms with Gasteiger partial charge in [0.2, 0.25) is 11.7 Å². The zero-order chi connectivity index (χ0) is 16.4. The van der Waals surface area contributed by atoms with Crippen molar-refractivity contribution in [3.05, 3.63) is 5.53 Å². The van der Waals surface area contributed by atoms with Gasteiger partial charge in [-0.15, -0.1) is 0 Å². The third-order valence-electron chi connectivity index (χ3n) is 2.71. The summed E-state index contributed by atoms with van der Waals surface area (Å²) in [5.74, 6) is -2.40. The van der Waals surface area contributed by atoms with Gasteiger partial charge < -0.3 is 20.7 Å². The molecule has 2 N–H and O–H groups in total. The topological polar surface area (TPSA) is 129 Å². The van der Waals surface area contributed by atoms with Crippen molar-refractivity contribution >= 4 is 23.9 Å². The van der Waals surface area contributed by atoms with Crippen molar-refractivity contribution in [2.45, 2.75) is 45.8 Å². The third-order valence-corrected chi connectivity index (χ3v) is 2.71. The van der Waals surface area contributed by atoms with Crippen LogP contribution in [-0.4, -0.2) is 52.5 Å². The van der Waals surface area contributed by atoms with Gasteiger partial charge >= 0.3 is 12.2 Å². The number of hydrogen-bond acceptors (Lipinski definition) is 4. The second-order valence-electron chi connectivity index (χ2n) is 4.77. The molecule has 118 valence electrons.